The van der Waals surface area contributed by atoms with Gasteiger partial charge in [0.15, 0.2) is 0 Å². The number of benzene rings is 3. The monoisotopic (exact) mass is 646 g/mol. The molecule has 1 unspecified atom stereocenters. The minimum atomic E-state index is -1.04. The van der Waals surface area contributed by atoms with Crippen LogP contribution in [-0.4, -0.2) is 59.0 Å². The van der Waals surface area contributed by atoms with Gasteiger partial charge in [0.2, 0.25) is 5.91 Å². The summed E-state index contributed by atoms with van der Waals surface area (Å²) < 4.78 is 0. The largest absolute Gasteiger partial charge is 0.481 e. The summed E-state index contributed by atoms with van der Waals surface area (Å²) in [6.45, 7) is 3.40. The van der Waals surface area contributed by atoms with Crippen molar-refractivity contribution in [3.05, 3.63) is 99.0 Å². The molecule has 0 radical (unpaired) electrons. The van der Waals surface area contributed by atoms with Gasteiger partial charge in [-0.2, -0.15) is 5.26 Å². The van der Waals surface area contributed by atoms with Crippen molar-refractivity contribution in [2.45, 2.75) is 45.6 Å². The summed E-state index contributed by atoms with van der Waals surface area (Å²) in [7, 11) is 0. The molecule has 2 saturated heterocycles. The van der Waals surface area contributed by atoms with Gasteiger partial charge in [-0.25, -0.2) is 4.79 Å². The number of aliphatic carboxylic acids is 1. The van der Waals surface area contributed by atoms with Gasteiger partial charge in [0.25, 0.3) is 0 Å². The number of hydrogen-bond donors (Lipinski definition) is 1. The number of hydrogen-bond acceptors (Lipinski definition) is 4. The second kappa shape index (κ2) is 13.9. The van der Waals surface area contributed by atoms with Gasteiger partial charge in [0.1, 0.15) is 0 Å². The lowest BCUT2D eigenvalue weighted by molar-refractivity contribution is -0.142. The van der Waals surface area contributed by atoms with E-state index in [2.05, 4.69) is 6.07 Å². The number of carbonyl (C=O) groups excluding carboxylic acids is 2. The summed E-state index contributed by atoms with van der Waals surface area (Å²) >= 11 is 12.6. The number of nitrogens with zero attached hydrogens (tertiary/aromatic N) is 4. The van der Waals surface area contributed by atoms with E-state index in [-0.39, 0.29) is 44.4 Å². The van der Waals surface area contributed by atoms with Crippen molar-refractivity contribution < 1.29 is 19.5 Å². The molecule has 2 fully saturated rings. The van der Waals surface area contributed by atoms with Crippen molar-refractivity contribution in [1.82, 2.24) is 9.80 Å². The minimum absolute atomic E-state index is 0.0122. The van der Waals surface area contributed by atoms with Crippen molar-refractivity contribution in [2.24, 2.45) is 11.3 Å². The fourth-order valence-electron chi connectivity index (χ4n) is 6.55. The van der Waals surface area contributed by atoms with Crippen molar-refractivity contribution in [3.63, 3.8) is 0 Å². The van der Waals surface area contributed by atoms with E-state index in [9.17, 15) is 24.8 Å². The number of carbonyl (C=O) groups is 3. The van der Waals surface area contributed by atoms with Crippen molar-refractivity contribution >= 4 is 46.8 Å². The summed E-state index contributed by atoms with van der Waals surface area (Å²) in [5.41, 5.74) is 3.01. The van der Waals surface area contributed by atoms with Crippen LogP contribution in [0.1, 0.15) is 47.9 Å². The zero-order valence-corrected chi connectivity index (χ0v) is 26.7. The number of piperidine rings is 1. The lowest BCUT2D eigenvalue weighted by Gasteiger charge is -2.47. The second-order valence-electron chi connectivity index (χ2n) is 12.3. The predicted molar refractivity (Wildman–Crippen MR) is 174 cm³/mol. The first-order valence-corrected chi connectivity index (χ1v) is 15.9. The Morgan fingerprint density at radius 3 is 2.36 bits per heavy atom. The van der Waals surface area contributed by atoms with Gasteiger partial charge in [-0.15, -0.1) is 0 Å². The maximum absolute atomic E-state index is 13.9. The third-order valence-corrected chi connectivity index (χ3v) is 9.50. The zero-order chi connectivity index (χ0) is 32.1. The predicted octanol–water partition coefficient (Wildman–Crippen LogP) is 6.95. The van der Waals surface area contributed by atoms with Crippen LogP contribution in [0.2, 0.25) is 10.0 Å². The highest BCUT2D eigenvalue weighted by molar-refractivity contribution is 6.35. The van der Waals surface area contributed by atoms with E-state index in [1.165, 1.54) is 0 Å². The Kier molecular flexibility index (Phi) is 10.0. The average Bonchev–Trinajstić information content (AvgIpc) is 3.01. The molecule has 1 atom stereocenters. The molecule has 0 aromatic heterocycles. The summed E-state index contributed by atoms with van der Waals surface area (Å²) in [6.07, 6.45) is 2.09. The topological polar surface area (TPSA) is 105 Å². The molecule has 2 heterocycles. The first kappa shape index (κ1) is 32.3. The van der Waals surface area contributed by atoms with Crippen LogP contribution in [0.3, 0.4) is 0 Å². The normalized spacial score (nSPS) is 19.0. The third-order valence-electron chi connectivity index (χ3n) is 8.91. The minimum Gasteiger partial charge on any atom is -0.481 e. The highest BCUT2D eigenvalue weighted by atomic mass is 35.5. The molecule has 45 heavy (non-hydrogen) atoms. The summed E-state index contributed by atoms with van der Waals surface area (Å²) in [5.74, 6) is -0.796. The lowest BCUT2D eigenvalue weighted by atomic mass is 9.77. The molecule has 5 rings (SSSR count). The van der Waals surface area contributed by atoms with Gasteiger partial charge in [0.05, 0.1) is 18.1 Å². The third kappa shape index (κ3) is 7.78. The van der Waals surface area contributed by atoms with E-state index >= 15 is 0 Å². The average molecular weight is 648 g/mol. The number of likely N-dealkylation sites (tertiary alicyclic amines) is 1. The fourth-order valence-corrected chi connectivity index (χ4v) is 7.01. The molecule has 0 saturated carbocycles. The highest BCUT2D eigenvalue weighted by Crippen LogP contribution is 2.38. The van der Waals surface area contributed by atoms with Gasteiger partial charge in [-0.05, 0) is 73.6 Å². The Morgan fingerprint density at radius 2 is 1.69 bits per heavy atom. The molecule has 3 aromatic carbocycles. The van der Waals surface area contributed by atoms with Gasteiger partial charge >= 0.3 is 12.0 Å². The number of anilines is 1. The maximum Gasteiger partial charge on any atom is 0.324 e. The number of carboxylic acid groups (broad SMARTS) is 1. The van der Waals surface area contributed by atoms with E-state index in [0.717, 1.165) is 30.4 Å². The van der Waals surface area contributed by atoms with Crippen LogP contribution >= 0.6 is 23.2 Å². The van der Waals surface area contributed by atoms with Crippen molar-refractivity contribution in [3.8, 4) is 6.07 Å². The molecular weight excluding hydrogens is 611 g/mol. The van der Waals surface area contributed by atoms with E-state index < -0.39 is 11.4 Å². The van der Waals surface area contributed by atoms with Gasteiger partial charge in [-0.1, -0.05) is 65.2 Å². The summed E-state index contributed by atoms with van der Waals surface area (Å²) in [4.78, 5) is 45.1. The number of amides is 3. The van der Waals surface area contributed by atoms with Crippen LogP contribution in [-0.2, 0) is 22.6 Å². The lowest BCUT2D eigenvalue weighted by Crippen LogP contribution is -2.60. The standard InChI is InChI=1S/C35H36Cl2N4O4/c1-24-6-10-30(11-7-24)41-23-35(19-33(43)44,22-40(34(41)45)21-28-8-9-29(36)17-31(28)37)18-32(42)39-14-12-25(13-15-39)16-26-4-2-3-5-27(26)20-38/h2-11,17,25H,12-16,18-19,21-23H2,1H3,(H,43,44). The van der Waals surface area contributed by atoms with Crippen LogP contribution in [0, 0.1) is 29.6 Å². The van der Waals surface area contributed by atoms with Gasteiger partial charge < -0.3 is 14.9 Å². The number of urea groups is 1. The van der Waals surface area contributed by atoms with E-state index in [4.69, 9.17) is 23.2 Å². The molecule has 0 spiro atoms. The van der Waals surface area contributed by atoms with E-state index in [1.807, 2.05) is 60.4 Å². The molecule has 2 aliphatic heterocycles. The number of aryl methyl sites for hydroxylation is 1. The Labute approximate surface area is 273 Å². The van der Waals surface area contributed by atoms with Gasteiger partial charge in [0, 0.05) is 60.3 Å². The van der Waals surface area contributed by atoms with Crippen molar-refractivity contribution in [2.75, 3.05) is 31.1 Å². The molecule has 1 N–H and O–H groups in total. The molecule has 3 amide bonds. The number of carboxylic acids is 1. The molecule has 10 heteroatoms. The first-order valence-electron chi connectivity index (χ1n) is 15.1. The summed E-state index contributed by atoms with van der Waals surface area (Å²) in [6, 6.07) is 22.2. The number of halogens is 2. The van der Waals surface area contributed by atoms with E-state index in [0.29, 0.717) is 45.9 Å². The van der Waals surface area contributed by atoms with Crippen molar-refractivity contribution in [1.29, 1.82) is 5.26 Å². The smallest absolute Gasteiger partial charge is 0.324 e. The number of rotatable bonds is 9. The van der Waals surface area contributed by atoms with Crippen LogP contribution < -0.4 is 4.90 Å². The first-order chi connectivity index (χ1) is 21.6. The highest BCUT2D eigenvalue weighted by Gasteiger charge is 2.47. The zero-order valence-electron chi connectivity index (χ0n) is 25.2. The Morgan fingerprint density at radius 1 is 0.978 bits per heavy atom. The SMILES string of the molecule is Cc1ccc(N2CC(CC(=O)O)(CC(=O)N3CCC(Cc4ccccc4C#N)CC3)CN(Cc3ccc(Cl)cc3Cl)C2=O)cc1. The second-order valence-corrected chi connectivity index (χ2v) is 13.2. The molecule has 234 valence electrons. The van der Waals surface area contributed by atoms with Crippen LogP contribution in [0.15, 0.2) is 66.7 Å². The molecule has 0 aliphatic carbocycles. The number of nitriles is 1. The molecule has 0 bridgehead atoms. The van der Waals surface area contributed by atoms with Crippen LogP contribution in [0.4, 0.5) is 10.5 Å². The van der Waals surface area contributed by atoms with Crippen LogP contribution in [0.5, 0.6) is 0 Å². The molecule has 3 aromatic rings. The Hall–Kier alpha value is -4.06. The quantitative estimate of drug-likeness (QED) is 0.271. The molecular formula is C35H36Cl2N4O4. The Bertz CT molecular complexity index is 1610. The molecule has 8 nitrogen and oxygen atoms in total. The molecule has 2 aliphatic rings. The maximum atomic E-state index is 13.9. The fraction of sp³-hybridized carbons (Fsp3) is 0.371. The van der Waals surface area contributed by atoms with Gasteiger partial charge in [-0.3, -0.25) is 14.5 Å². The van der Waals surface area contributed by atoms with Crippen LogP contribution in [0.25, 0.3) is 0 Å². The van der Waals surface area contributed by atoms with E-state index in [1.54, 1.807) is 28.0 Å². The summed E-state index contributed by atoms with van der Waals surface area (Å²) in [5, 5.41) is 20.4. The Balaban J connectivity index is 1.37.